The Morgan fingerprint density at radius 2 is 2.25 bits per heavy atom. The number of hydrogen-bond donors (Lipinski definition) is 2. The summed E-state index contributed by atoms with van der Waals surface area (Å²) in [4.78, 5) is 0. The van der Waals surface area contributed by atoms with E-state index in [1.54, 1.807) is 18.8 Å². The van der Waals surface area contributed by atoms with Crippen LogP contribution in [0.3, 0.4) is 0 Å². The molecule has 1 saturated heterocycles. The number of rotatable bonds is 7. The Morgan fingerprint density at radius 3 is 2.81 bits per heavy atom. The van der Waals surface area contributed by atoms with E-state index >= 15 is 0 Å². The summed E-state index contributed by atoms with van der Waals surface area (Å²) in [5.74, 6) is 1.94. The largest absolute Gasteiger partial charge is 0.320 e. The lowest BCUT2D eigenvalue weighted by molar-refractivity contribution is 0.441. The van der Waals surface area contributed by atoms with Gasteiger partial charge in [0.25, 0.3) is 10.2 Å². The first-order chi connectivity index (χ1) is 7.56. The lowest BCUT2D eigenvalue weighted by Gasteiger charge is -2.20. The second-order valence-electron chi connectivity index (χ2n) is 3.96. The average Bonchev–Trinajstić information content (AvgIpc) is 2.70. The van der Waals surface area contributed by atoms with Gasteiger partial charge in [-0.3, -0.25) is 0 Å². The predicted molar refractivity (Wildman–Crippen MR) is 69.0 cm³/mol. The summed E-state index contributed by atoms with van der Waals surface area (Å²) in [7, 11) is 0.207. The smallest absolute Gasteiger partial charge is 0.279 e. The average molecular weight is 267 g/mol. The van der Waals surface area contributed by atoms with E-state index in [4.69, 9.17) is 0 Å². The number of hydrogen-bond acceptors (Lipinski definition) is 4. The fraction of sp³-hybridized carbons (Fsp3) is 1.00. The van der Waals surface area contributed by atoms with Crippen LogP contribution in [0.1, 0.15) is 12.8 Å². The summed E-state index contributed by atoms with van der Waals surface area (Å²) in [6.07, 6.45) is 1.77. The van der Waals surface area contributed by atoms with E-state index in [0.717, 1.165) is 30.9 Å². The minimum absolute atomic E-state index is 0.113. The van der Waals surface area contributed by atoms with Gasteiger partial charge in [-0.2, -0.15) is 29.2 Å². The third-order valence-corrected chi connectivity index (χ3v) is 5.35. The molecule has 0 aromatic carbocycles. The second-order valence-corrected chi connectivity index (χ2v) is 6.92. The number of nitrogens with one attached hydrogen (secondary N) is 2. The lowest BCUT2D eigenvalue weighted by Crippen LogP contribution is -2.44. The minimum atomic E-state index is -3.28. The van der Waals surface area contributed by atoms with Crippen molar-refractivity contribution in [3.8, 4) is 0 Å². The summed E-state index contributed by atoms with van der Waals surface area (Å²) >= 11 is 1.80. The molecule has 1 rings (SSSR count). The van der Waals surface area contributed by atoms with Crippen molar-refractivity contribution >= 4 is 22.0 Å². The van der Waals surface area contributed by atoms with Crippen LogP contribution in [0.15, 0.2) is 0 Å². The van der Waals surface area contributed by atoms with Crippen LogP contribution in [0.25, 0.3) is 0 Å². The van der Waals surface area contributed by atoms with Crippen LogP contribution in [0, 0.1) is 0 Å². The molecule has 1 atom stereocenters. The van der Waals surface area contributed by atoms with Crippen molar-refractivity contribution in [2.75, 3.05) is 38.7 Å². The molecule has 7 heteroatoms. The Hall–Kier alpha value is 0.180. The third-order valence-electron chi connectivity index (χ3n) is 2.56. The van der Waals surface area contributed by atoms with Gasteiger partial charge < -0.3 is 5.32 Å². The molecule has 1 unspecified atom stereocenters. The Balaban J connectivity index is 2.36. The van der Waals surface area contributed by atoms with Crippen molar-refractivity contribution in [1.82, 2.24) is 14.3 Å². The SMILES string of the molecule is CNCCCN(C)S(=O)(=O)NC1CCSC1. The highest BCUT2D eigenvalue weighted by atomic mass is 32.2. The van der Waals surface area contributed by atoms with Crippen LogP contribution in [-0.2, 0) is 10.2 Å². The Labute approximate surface area is 103 Å². The van der Waals surface area contributed by atoms with Crippen LogP contribution in [0.5, 0.6) is 0 Å². The normalized spacial score (nSPS) is 21.8. The molecule has 5 nitrogen and oxygen atoms in total. The van der Waals surface area contributed by atoms with Crippen molar-refractivity contribution in [2.45, 2.75) is 18.9 Å². The van der Waals surface area contributed by atoms with E-state index < -0.39 is 10.2 Å². The van der Waals surface area contributed by atoms with E-state index in [1.165, 1.54) is 4.31 Å². The van der Waals surface area contributed by atoms with Gasteiger partial charge in [-0.25, -0.2) is 0 Å². The molecular formula is C9H21N3O2S2. The second kappa shape index (κ2) is 6.80. The first-order valence-electron chi connectivity index (χ1n) is 5.52. The number of nitrogens with zero attached hydrogens (tertiary/aromatic N) is 1. The van der Waals surface area contributed by atoms with E-state index in [1.807, 2.05) is 7.05 Å². The van der Waals surface area contributed by atoms with Gasteiger partial charge in [0, 0.05) is 25.4 Å². The molecule has 0 aromatic heterocycles. The molecule has 0 saturated carbocycles. The maximum atomic E-state index is 11.9. The Bertz CT molecular complexity index is 289. The lowest BCUT2D eigenvalue weighted by atomic mass is 10.3. The third kappa shape index (κ3) is 4.58. The maximum Gasteiger partial charge on any atom is 0.279 e. The summed E-state index contributed by atoms with van der Waals surface area (Å²) in [5, 5.41) is 3.00. The van der Waals surface area contributed by atoms with Gasteiger partial charge in [0.15, 0.2) is 0 Å². The summed E-state index contributed by atoms with van der Waals surface area (Å²) in [6, 6.07) is 0.113. The highest BCUT2D eigenvalue weighted by Crippen LogP contribution is 2.18. The van der Waals surface area contributed by atoms with Crippen LogP contribution >= 0.6 is 11.8 Å². The monoisotopic (exact) mass is 267 g/mol. The van der Waals surface area contributed by atoms with E-state index in [2.05, 4.69) is 10.0 Å². The topological polar surface area (TPSA) is 61.4 Å². The quantitative estimate of drug-likeness (QED) is 0.631. The van der Waals surface area contributed by atoms with Crippen molar-refractivity contribution in [2.24, 2.45) is 0 Å². The van der Waals surface area contributed by atoms with Crippen LogP contribution in [0.4, 0.5) is 0 Å². The van der Waals surface area contributed by atoms with Crippen LogP contribution < -0.4 is 10.0 Å². The molecule has 1 aliphatic rings. The number of thioether (sulfide) groups is 1. The minimum Gasteiger partial charge on any atom is -0.320 e. The summed E-state index contributed by atoms with van der Waals surface area (Å²) < 4.78 is 27.9. The molecule has 0 spiro atoms. The van der Waals surface area contributed by atoms with Gasteiger partial charge in [-0.05, 0) is 32.2 Å². The van der Waals surface area contributed by atoms with Gasteiger partial charge >= 0.3 is 0 Å². The van der Waals surface area contributed by atoms with Gasteiger partial charge in [0.05, 0.1) is 0 Å². The Morgan fingerprint density at radius 1 is 1.50 bits per heavy atom. The van der Waals surface area contributed by atoms with E-state index in [9.17, 15) is 8.42 Å². The first kappa shape index (κ1) is 14.2. The van der Waals surface area contributed by atoms with Crippen LogP contribution in [0.2, 0.25) is 0 Å². The maximum absolute atomic E-state index is 11.9. The van der Waals surface area contributed by atoms with E-state index in [0.29, 0.717) is 6.54 Å². The molecule has 0 amide bonds. The highest BCUT2D eigenvalue weighted by Gasteiger charge is 2.24. The Kier molecular flexibility index (Phi) is 6.06. The van der Waals surface area contributed by atoms with E-state index in [-0.39, 0.29) is 6.04 Å². The molecule has 0 radical (unpaired) electrons. The standard InChI is InChI=1S/C9H21N3O2S2/c1-10-5-3-6-12(2)16(13,14)11-9-4-7-15-8-9/h9-11H,3-8H2,1-2H3. The summed E-state index contributed by atoms with van der Waals surface area (Å²) in [5.41, 5.74) is 0. The molecule has 16 heavy (non-hydrogen) atoms. The van der Waals surface area contributed by atoms with Crippen molar-refractivity contribution in [1.29, 1.82) is 0 Å². The zero-order chi connectivity index (χ0) is 12.0. The van der Waals surface area contributed by atoms with Crippen molar-refractivity contribution in [3.63, 3.8) is 0 Å². The van der Waals surface area contributed by atoms with Crippen LogP contribution in [-0.4, -0.2) is 57.5 Å². The molecule has 1 heterocycles. The molecule has 0 aromatic rings. The van der Waals surface area contributed by atoms with Crippen molar-refractivity contribution < 1.29 is 8.42 Å². The molecular weight excluding hydrogens is 246 g/mol. The predicted octanol–water partition coefficient (Wildman–Crippen LogP) is -0.132. The molecule has 96 valence electrons. The molecule has 1 fully saturated rings. The summed E-state index contributed by atoms with van der Waals surface area (Å²) in [6.45, 7) is 1.38. The zero-order valence-electron chi connectivity index (χ0n) is 9.90. The van der Waals surface area contributed by atoms with Gasteiger partial charge in [0.2, 0.25) is 0 Å². The van der Waals surface area contributed by atoms with Gasteiger partial charge in [-0.1, -0.05) is 0 Å². The molecule has 1 aliphatic heterocycles. The van der Waals surface area contributed by atoms with Crippen molar-refractivity contribution in [3.05, 3.63) is 0 Å². The highest BCUT2D eigenvalue weighted by molar-refractivity contribution is 7.99. The first-order valence-corrected chi connectivity index (χ1v) is 8.11. The fourth-order valence-electron chi connectivity index (χ4n) is 1.53. The molecule has 2 N–H and O–H groups in total. The molecule has 0 aliphatic carbocycles. The van der Waals surface area contributed by atoms with Gasteiger partial charge in [-0.15, -0.1) is 0 Å². The zero-order valence-corrected chi connectivity index (χ0v) is 11.5. The van der Waals surface area contributed by atoms with Gasteiger partial charge in [0.1, 0.15) is 0 Å². The fourth-order valence-corrected chi connectivity index (χ4v) is 3.96. The molecule has 0 bridgehead atoms.